The zero-order chi connectivity index (χ0) is 18.5. The van der Waals surface area contributed by atoms with Gasteiger partial charge in [-0.05, 0) is 29.8 Å². The van der Waals surface area contributed by atoms with Crippen LogP contribution in [0.1, 0.15) is 21.5 Å². The molecule has 1 amide bonds. The largest absolute Gasteiger partial charge is 0.296 e. The number of hydrogen-bond donors (Lipinski definition) is 1. The number of anilines is 1. The van der Waals surface area contributed by atoms with E-state index in [1.807, 2.05) is 12.1 Å². The van der Waals surface area contributed by atoms with Crippen LogP contribution in [0.25, 0.3) is 0 Å². The van der Waals surface area contributed by atoms with Gasteiger partial charge in [0.2, 0.25) is 5.13 Å². The molecule has 130 valence electrons. The molecule has 1 heterocycles. The van der Waals surface area contributed by atoms with Crippen LogP contribution in [0.4, 0.5) is 5.13 Å². The Morgan fingerprint density at radius 3 is 2.50 bits per heavy atom. The van der Waals surface area contributed by atoms with Crippen LogP contribution in [0.15, 0.2) is 46.8 Å². The van der Waals surface area contributed by atoms with Crippen LogP contribution in [0.2, 0.25) is 10.0 Å². The van der Waals surface area contributed by atoms with Crippen molar-refractivity contribution >= 4 is 57.3 Å². The minimum absolute atomic E-state index is 0.206. The molecule has 0 atom stereocenters. The number of carbonyl (C=O) groups excluding carboxylic acids is 1. The van der Waals surface area contributed by atoms with Crippen LogP contribution in [0.3, 0.4) is 0 Å². The van der Waals surface area contributed by atoms with E-state index >= 15 is 0 Å². The molecule has 3 rings (SSSR count). The highest BCUT2D eigenvalue weighted by molar-refractivity contribution is 8.00. The number of halogens is 2. The highest BCUT2D eigenvalue weighted by atomic mass is 35.5. The average molecular weight is 421 g/mol. The van der Waals surface area contributed by atoms with Crippen molar-refractivity contribution in [2.75, 3.05) is 5.32 Å². The first-order chi connectivity index (χ1) is 12.6. The zero-order valence-electron chi connectivity index (χ0n) is 13.1. The molecular weight excluding hydrogens is 411 g/mol. The number of benzene rings is 2. The smallest absolute Gasteiger partial charge is 0.260 e. The van der Waals surface area contributed by atoms with Gasteiger partial charge < -0.3 is 0 Å². The lowest BCUT2D eigenvalue weighted by atomic mass is 10.2. The van der Waals surface area contributed by atoms with E-state index in [0.29, 0.717) is 16.4 Å². The number of rotatable bonds is 5. The molecule has 0 fully saturated rings. The summed E-state index contributed by atoms with van der Waals surface area (Å²) in [4.78, 5) is 12.3. The Balaban J connectivity index is 1.62. The lowest BCUT2D eigenvalue weighted by Gasteiger charge is -2.05. The molecule has 0 aliphatic rings. The van der Waals surface area contributed by atoms with Gasteiger partial charge in [0.25, 0.3) is 5.91 Å². The lowest BCUT2D eigenvalue weighted by molar-refractivity contribution is 0.102. The van der Waals surface area contributed by atoms with Crippen molar-refractivity contribution < 1.29 is 4.79 Å². The number of nitrogens with one attached hydrogen (secondary N) is 1. The first-order valence-corrected chi connectivity index (χ1v) is 9.83. The third-order valence-electron chi connectivity index (χ3n) is 3.26. The summed E-state index contributed by atoms with van der Waals surface area (Å²) >= 11 is 14.8. The molecule has 0 bridgehead atoms. The van der Waals surface area contributed by atoms with Gasteiger partial charge in [0.05, 0.1) is 27.2 Å². The molecule has 9 heteroatoms. The fourth-order valence-corrected chi connectivity index (χ4v) is 4.29. The SMILES string of the molecule is N#Cc1ccc(CSc2nnc(NC(=O)c3c(Cl)cccc3Cl)s2)cc1. The Bertz CT molecular complexity index is 963. The molecule has 1 N–H and O–H groups in total. The molecule has 1 aromatic heterocycles. The van der Waals surface area contributed by atoms with E-state index < -0.39 is 5.91 Å². The predicted octanol–water partition coefficient (Wildman–Crippen LogP) is 5.26. The first-order valence-electron chi connectivity index (χ1n) is 7.27. The summed E-state index contributed by atoms with van der Waals surface area (Å²) in [5.41, 5.74) is 1.90. The number of hydrogen-bond acceptors (Lipinski definition) is 6. The molecule has 0 saturated carbocycles. The lowest BCUT2D eigenvalue weighted by Crippen LogP contribution is -2.12. The van der Waals surface area contributed by atoms with Gasteiger partial charge in [0.1, 0.15) is 0 Å². The summed E-state index contributed by atoms with van der Waals surface area (Å²) in [6, 6.07) is 14.3. The monoisotopic (exact) mass is 420 g/mol. The van der Waals surface area contributed by atoms with Crippen LogP contribution in [-0.4, -0.2) is 16.1 Å². The maximum absolute atomic E-state index is 12.3. The fraction of sp³-hybridized carbons (Fsp3) is 0.0588. The number of carbonyl (C=O) groups is 1. The van der Waals surface area contributed by atoms with Gasteiger partial charge in [-0.25, -0.2) is 0 Å². The van der Waals surface area contributed by atoms with E-state index in [2.05, 4.69) is 21.6 Å². The zero-order valence-corrected chi connectivity index (χ0v) is 16.2. The van der Waals surface area contributed by atoms with Crippen LogP contribution >= 0.6 is 46.3 Å². The Labute approximate surface area is 168 Å². The van der Waals surface area contributed by atoms with Crippen molar-refractivity contribution in [2.45, 2.75) is 10.1 Å². The topological polar surface area (TPSA) is 78.7 Å². The van der Waals surface area contributed by atoms with Crippen LogP contribution in [0.5, 0.6) is 0 Å². The first kappa shape index (κ1) is 18.7. The van der Waals surface area contributed by atoms with Crippen molar-refractivity contribution in [1.82, 2.24) is 10.2 Å². The van der Waals surface area contributed by atoms with Crippen molar-refractivity contribution in [1.29, 1.82) is 5.26 Å². The van der Waals surface area contributed by atoms with E-state index in [-0.39, 0.29) is 15.6 Å². The minimum Gasteiger partial charge on any atom is -0.296 e. The second-order valence-corrected chi connectivity index (χ2v) is 8.04. The van der Waals surface area contributed by atoms with Crippen molar-refractivity contribution in [3.8, 4) is 6.07 Å². The number of nitriles is 1. The number of thioether (sulfide) groups is 1. The van der Waals surface area contributed by atoms with Gasteiger partial charge in [0, 0.05) is 5.75 Å². The molecule has 0 aliphatic carbocycles. The molecule has 26 heavy (non-hydrogen) atoms. The predicted molar refractivity (Wildman–Crippen MR) is 105 cm³/mol. The van der Waals surface area contributed by atoms with Crippen molar-refractivity contribution in [3.05, 3.63) is 69.2 Å². The molecule has 5 nitrogen and oxygen atoms in total. The number of amides is 1. The summed E-state index contributed by atoms with van der Waals surface area (Å²) in [5, 5.41) is 20.4. The molecule has 0 spiro atoms. The van der Waals surface area contributed by atoms with Gasteiger partial charge in [-0.1, -0.05) is 64.5 Å². The standard InChI is InChI=1S/C17H10Cl2N4OS2/c18-12-2-1-3-13(19)14(12)15(24)21-16-22-23-17(26-16)25-9-11-6-4-10(8-20)5-7-11/h1-7H,9H2,(H,21,22,24). The fourth-order valence-electron chi connectivity index (χ4n) is 2.01. The Morgan fingerprint density at radius 1 is 1.15 bits per heavy atom. The van der Waals surface area contributed by atoms with E-state index in [1.54, 1.807) is 30.3 Å². The molecule has 2 aromatic carbocycles. The number of aromatic nitrogens is 2. The van der Waals surface area contributed by atoms with Crippen LogP contribution < -0.4 is 5.32 Å². The average Bonchev–Trinajstić information content (AvgIpc) is 3.07. The normalized spacial score (nSPS) is 10.3. The molecule has 0 unspecified atom stereocenters. The van der Waals surface area contributed by atoms with Gasteiger partial charge in [-0.15, -0.1) is 10.2 Å². The summed E-state index contributed by atoms with van der Waals surface area (Å²) in [7, 11) is 0. The summed E-state index contributed by atoms with van der Waals surface area (Å²) in [5.74, 6) is 0.255. The van der Waals surface area contributed by atoms with Crippen LogP contribution in [-0.2, 0) is 5.75 Å². The minimum atomic E-state index is -0.430. The van der Waals surface area contributed by atoms with Gasteiger partial charge in [-0.2, -0.15) is 5.26 Å². The van der Waals surface area contributed by atoms with Gasteiger partial charge in [-0.3, -0.25) is 10.1 Å². The van der Waals surface area contributed by atoms with E-state index in [1.165, 1.54) is 23.1 Å². The Hall–Kier alpha value is -2.11. The molecule has 3 aromatic rings. The summed E-state index contributed by atoms with van der Waals surface area (Å²) < 4.78 is 0.718. The second kappa shape index (κ2) is 8.52. The quantitative estimate of drug-likeness (QED) is 0.449. The van der Waals surface area contributed by atoms with Gasteiger partial charge >= 0.3 is 0 Å². The molecular formula is C17H10Cl2N4OS2. The van der Waals surface area contributed by atoms with E-state index in [0.717, 1.165) is 9.90 Å². The highest BCUT2D eigenvalue weighted by Crippen LogP contribution is 2.30. The Morgan fingerprint density at radius 2 is 1.85 bits per heavy atom. The maximum atomic E-state index is 12.3. The Kier molecular flexibility index (Phi) is 6.12. The van der Waals surface area contributed by atoms with E-state index in [9.17, 15) is 4.79 Å². The van der Waals surface area contributed by atoms with Crippen molar-refractivity contribution in [3.63, 3.8) is 0 Å². The highest BCUT2D eigenvalue weighted by Gasteiger charge is 2.16. The number of nitrogens with zero attached hydrogens (tertiary/aromatic N) is 3. The van der Waals surface area contributed by atoms with Gasteiger partial charge in [0.15, 0.2) is 4.34 Å². The third kappa shape index (κ3) is 4.54. The molecule has 0 saturated heterocycles. The third-order valence-corrected chi connectivity index (χ3v) is 5.94. The summed E-state index contributed by atoms with van der Waals surface area (Å²) in [6.45, 7) is 0. The second-order valence-electron chi connectivity index (χ2n) is 5.02. The maximum Gasteiger partial charge on any atom is 0.260 e. The molecule has 0 radical (unpaired) electrons. The van der Waals surface area contributed by atoms with E-state index in [4.69, 9.17) is 28.5 Å². The molecule has 0 aliphatic heterocycles. The summed E-state index contributed by atoms with van der Waals surface area (Å²) in [6.07, 6.45) is 0. The van der Waals surface area contributed by atoms with Crippen LogP contribution in [0, 0.1) is 11.3 Å². The van der Waals surface area contributed by atoms with Crippen molar-refractivity contribution in [2.24, 2.45) is 0 Å².